The number of rotatable bonds is 4. The second-order valence-corrected chi connectivity index (χ2v) is 7.54. The van der Waals surface area contributed by atoms with Crippen molar-refractivity contribution in [3.8, 4) is 0 Å². The van der Waals surface area contributed by atoms with E-state index in [4.69, 9.17) is 0 Å². The number of hydrogen-bond acceptors (Lipinski definition) is 3. The number of nitrogens with zero attached hydrogens (tertiary/aromatic N) is 1. The van der Waals surface area contributed by atoms with Crippen LogP contribution in [0.3, 0.4) is 0 Å². The number of amides is 3. The number of ketones is 1. The lowest BCUT2D eigenvalue weighted by Crippen LogP contribution is -2.55. The summed E-state index contributed by atoms with van der Waals surface area (Å²) in [5.41, 5.74) is -0.404. The summed E-state index contributed by atoms with van der Waals surface area (Å²) in [7, 11) is 0. The Balaban J connectivity index is 1.54. The van der Waals surface area contributed by atoms with E-state index in [-0.39, 0.29) is 24.2 Å². The van der Waals surface area contributed by atoms with Crippen LogP contribution < -0.4 is 5.32 Å². The summed E-state index contributed by atoms with van der Waals surface area (Å²) < 4.78 is 0. The van der Waals surface area contributed by atoms with E-state index in [0.29, 0.717) is 17.4 Å². The molecule has 4 atom stereocenters. The number of imide groups is 1. The van der Waals surface area contributed by atoms with Crippen molar-refractivity contribution in [2.24, 2.45) is 17.8 Å². The molecule has 25 heavy (non-hydrogen) atoms. The van der Waals surface area contributed by atoms with Gasteiger partial charge >= 0.3 is 6.03 Å². The lowest BCUT2D eigenvalue weighted by Gasteiger charge is -2.44. The summed E-state index contributed by atoms with van der Waals surface area (Å²) in [6, 6.07) is 8.31. The Bertz CT molecular complexity index is 757. The highest BCUT2D eigenvalue weighted by Crippen LogP contribution is 2.46. The normalized spacial score (nSPS) is 33.6. The molecule has 3 amide bonds. The highest BCUT2D eigenvalue weighted by atomic mass is 16.2. The molecular formula is C20H22N2O3. The Kier molecular flexibility index (Phi) is 3.74. The van der Waals surface area contributed by atoms with Gasteiger partial charge in [0.15, 0.2) is 5.78 Å². The molecule has 0 aromatic heterocycles. The molecule has 1 aromatic carbocycles. The van der Waals surface area contributed by atoms with Gasteiger partial charge in [0.05, 0.1) is 6.54 Å². The van der Waals surface area contributed by atoms with Gasteiger partial charge in [-0.3, -0.25) is 14.5 Å². The molecule has 3 aliphatic carbocycles. The van der Waals surface area contributed by atoms with Crippen LogP contribution in [0.1, 0.15) is 36.5 Å². The zero-order valence-corrected chi connectivity index (χ0v) is 14.3. The predicted molar refractivity (Wildman–Crippen MR) is 92.9 cm³/mol. The Morgan fingerprint density at radius 3 is 2.56 bits per heavy atom. The standard InChI is InChI=1S/C20H22N2O3/c1-20(16-11-13-7-9-14(16)10-8-13)18(24)22(19(25)21-20)12-17(23)15-5-3-2-4-6-15/h2-7,9,13-14,16H,8,10-12H2,1H3,(H,21,25)/t13-,14+,16?,20?/m0/s1. The van der Waals surface area contributed by atoms with Crippen molar-refractivity contribution in [1.82, 2.24) is 10.2 Å². The Morgan fingerprint density at radius 1 is 1.20 bits per heavy atom. The molecule has 4 aliphatic rings. The first kappa shape index (κ1) is 16.1. The first-order valence-electron chi connectivity index (χ1n) is 8.90. The number of Topliss-reactive ketones (excluding diaryl/α,β-unsaturated/α-hetero) is 1. The van der Waals surface area contributed by atoms with Crippen LogP contribution in [-0.2, 0) is 4.79 Å². The van der Waals surface area contributed by atoms with E-state index < -0.39 is 11.6 Å². The quantitative estimate of drug-likeness (QED) is 0.521. The summed E-state index contributed by atoms with van der Waals surface area (Å²) in [5.74, 6) is 0.427. The molecule has 1 N–H and O–H groups in total. The van der Waals surface area contributed by atoms with Gasteiger partial charge in [-0.2, -0.15) is 0 Å². The SMILES string of the molecule is CC1(C2C[C@H]3C=C[C@@H]2CC3)NC(=O)N(CC(=O)c2ccccc2)C1=O. The Labute approximate surface area is 147 Å². The van der Waals surface area contributed by atoms with Gasteiger partial charge in [0.1, 0.15) is 5.54 Å². The van der Waals surface area contributed by atoms with E-state index in [1.165, 1.54) is 0 Å². The topological polar surface area (TPSA) is 66.5 Å². The summed E-state index contributed by atoms with van der Waals surface area (Å²) in [4.78, 5) is 39.0. The minimum Gasteiger partial charge on any atom is -0.323 e. The van der Waals surface area contributed by atoms with Gasteiger partial charge in [0.25, 0.3) is 5.91 Å². The second-order valence-electron chi connectivity index (χ2n) is 7.54. The summed E-state index contributed by atoms with van der Waals surface area (Å²) in [5, 5.41) is 2.89. The number of nitrogens with one attached hydrogen (secondary N) is 1. The highest BCUT2D eigenvalue weighted by Gasteiger charge is 2.56. The van der Waals surface area contributed by atoms with Gasteiger partial charge in [-0.25, -0.2) is 4.79 Å². The first-order valence-corrected chi connectivity index (χ1v) is 8.90. The Morgan fingerprint density at radius 2 is 1.96 bits per heavy atom. The first-order chi connectivity index (χ1) is 12.0. The number of hydrogen-bond donors (Lipinski definition) is 1. The van der Waals surface area contributed by atoms with E-state index in [0.717, 1.165) is 24.2 Å². The predicted octanol–water partition coefficient (Wildman–Crippen LogP) is 2.78. The van der Waals surface area contributed by atoms with E-state index in [9.17, 15) is 14.4 Å². The molecule has 1 saturated heterocycles. The maximum atomic E-state index is 13.0. The second kappa shape index (κ2) is 5.83. The van der Waals surface area contributed by atoms with Gasteiger partial charge in [0.2, 0.25) is 0 Å². The van der Waals surface area contributed by atoms with Crippen molar-refractivity contribution in [3.05, 3.63) is 48.0 Å². The van der Waals surface area contributed by atoms with Crippen LogP contribution in [-0.4, -0.2) is 34.7 Å². The fraction of sp³-hybridized carbons (Fsp3) is 0.450. The van der Waals surface area contributed by atoms with E-state index in [1.807, 2.05) is 13.0 Å². The minimum atomic E-state index is -0.915. The van der Waals surface area contributed by atoms with Crippen LogP contribution in [0.25, 0.3) is 0 Å². The number of allylic oxidation sites excluding steroid dienone is 2. The van der Waals surface area contributed by atoms with Gasteiger partial charge in [0, 0.05) is 5.56 Å². The van der Waals surface area contributed by atoms with Gasteiger partial charge in [-0.15, -0.1) is 0 Å². The third kappa shape index (κ3) is 2.58. The van der Waals surface area contributed by atoms with Crippen molar-refractivity contribution in [2.45, 2.75) is 31.7 Å². The lowest BCUT2D eigenvalue weighted by molar-refractivity contribution is -0.133. The smallest absolute Gasteiger partial charge is 0.323 e. The van der Waals surface area contributed by atoms with Crippen LogP contribution in [0.5, 0.6) is 0 Å². The number of urea groups is 1. The maximum Gasteiger partial charge on any atom is 0.325 e. The molecule has 5 rings (SSSR count). The minimum absolute atomic E-state index is 0.101. The molecular weight excluding hydrogens is 316 g/mol. The monoisotopic (exact) mass is 338 g/mol. The maximum absolute atomic E-state index is 13.0. The molecule has 2 fully saturated rings. The molecule has 2 unspecified atom stereocenters. The average Bonchev–Trinajstić information content (AvgIpc) is 2.87. The van der Waals surface area contributed by atoms with Crippen molar-refractivity contribution in [1.29, 1.82) is 0 Å². The van der Waals surface area contributed by atoms with Crippen LogP contribution in [0.4, 0.5) is 4.79 Å². The third-order valence-electron chi connectivity index (χ3n) is 6.02. The third-order valence-corrected chi connectivity index (χ3v) is 6.02. The summed E-state index contributed by atoms with van der Waals surface area (Å²) in [6.07, 6.45) is 7.58. The van der Waals surface area contributed by atoms with Crippen molar-refractivity contribution >= 4 is 17.7 Å². The summed E-state index contributed by atoms with van der Waals surface area (Å²) >= 11 is 0. The molecule has 1 aromatic rings. The van der Waals surface area contributed by atoms with E-state index in [1.54, 1.807) is 24.3 Å². The fourth-order valence-corrected chi connectivity index (χ4v) is 4.56. The number of fused-ring (bicyclic) bond motifs is 2. The fourth-order valence-electron chi connectivity index (χ4n) is 4.56. The molecule has 2 bridgehead atoms. The number of carbonyl (C=O) groups is 3. The summed E-state index contributed by atoms with van der Waals surface area (Å²) in [6.45, 7) is 1.61. The largest absolute Gasteiger partial charge is 0.325 e. The van der Waals surface area contributed by atoms with Crippen LogP contribution in [0, 0.1) is 17.8 Å². The van der Waals surface area contributed by atoms with Crippen LogP contribution >= 0.6 is 0 Å². The van der Waals surface area contributed by atoms with E-state index in [2.05, 4.69) is 17.5 Å². The molecule has 5 nitrogen and oxygen atoms in total. The van der Waals surface area contributed by atoms with Gasteiger partial charge in [-0.1, -0.05) is 42.5 Å². The molecule has 130 valence electrons. The average molecular weight is 338 g/mol. The van der Waals surface area contributed by atoms with Crippen molar-refractivity contribution in [2.75, 3.05) is 6.54 Å². The lowest BCUT2D eigenvalue weighted by atomic mass is 9.62. The zero-order valence-electron chi connectivity index (χ0n) is 14.3. The van der Waals surface area contributed by atoms with Crippen LogP contribution in [0.2, 0.25) is 0 Å². The number of benzene rings is 1. The molecule has 0 radical (unpaired) electrons. The molecule has 1 heterocycles. The van der Waals surface area contributed by atoms with Gasteiger partial charge < -0.3 is 5.32 Å². The van der Waals surface area contributed by atoms with Crippen molar-refractivity contribution < 1.29 is 14.4 Å². The van der Waals surface area contributed by atoms with E-state index >= 15 is 0 Å². The molecule has 1 saturated carbocycles. The zero-order chi connectivity index (χ0) is 17.6. The van der Waals surface area contributed by atoms with Gasteiger partial charge in [-0.05, 0) is 43.9 Å². The van der Waals surface area contributed by atoms with Crippen LogP contribution in [0.15, 0.2) is 42.5 Å². The highest BCUT2D eigenvalue weighted by molar-refractivity contribution is 6.11. The van der Waals surface area contributed by atoms with Crippen molar-refractivity contribution in [3.63, 3.8) is 0 Å². The molecule has 1 aliphatic heterocycles. The molecule has 5 heteroatoms. The Hall–Kier alpha value is -2.43. The molecule has 0 spiro atoms. The number of carbonyl (C=O) groups excluding carboxylic acids is 3.